The minimum atomic E-state index is -3.62. The maximum Gasteiger partial charge on any atom is 0.243 e. The zero-order valence-corrected chi connectivity index (χ0v) is 11.8. The molecule has 0 N–H and O–H groups in total. The van der Waals surface area contributed by atoms with E-state index in [1.807, 2.05) is 0 Å². The summed E-state index contributed by atoms with van der Waals surface area (Å²) >= 11 is 0. The molecule has 0 amide bonds. The number of benzene rings is 1. The van der Waals surface area contributed by atoms with Gasteiger partial charge in [-0.25, -0.2) is 12.8 Å². The van der Waals surface area contributed by atoms with Gasteiger partial charge in [0.15, 0.2) is 0 Å². The molecule has 1 aromatic rings. The molecule has 0 radical (unpaired) electrons. The first-order valence-corrected chi connectivity index (χ1v) is 7.69. The van der Waals surface area contributed by atoms with Gasteiger partial charge < -0.3 is 0 Å². The number of hydrogen-bond acceptors (Lipinski definition) is 3. The first-order chi connectivity index (χ1) is 9.45. The van der Waals surface area contributed by atoms with Crippen LogP contribution in [0.25, 0.3) is 10.4 Å². The number of nitrogens with zero attached hydrogens (tertiary/aromatic N) is 4. The monoisotopic (exact) mass is 298 g/mol. The number of hydrogen-bond donors (Lipinski definition) is 0. The van der Waals surface area contributed by atoms with Crippen LogP contribution in [-0.2, 0) is 10.0 Å². The van der Waals surface area contributed by atoms with Crippen molar-refractivity contribution in [1.29, 1.82) is 0 Å². The van der Waals surface area contributed by atoms with Gasteiger partial charge in [0.2, 0.25) is 10.0 Å². The van der Waals surface area contributed by atoms with Crippen LogP contribution >= 0.6 is 0 Å². The van der Waals surface area contributed by atoms with Crippen LogP contribution in [0.2, 0.25) is 0 Å². The van der Waals surface area contributed by atoms with Crippen molar-refractivity contribution in [3.8, 4) is 0 Å². The summed E-state index contributed by atoms with van der Waals surface area (Å²) in [5, 5.41) is 3.61. The quantitative estimate of drug-likeness (QED) is 0.488. The fourth-order valence-corrected chi connectivity index (χ4v) is 3.99. The van der Waals surface area contributed by atoms with Crippen molar-refractivity contribution in [3.05, 3.63) is 40.0 Å². The Hall–Kier alpha value is -1.63. The number of azide groups is 1. The fraction of sp³-hybridized carbons (Fsp3) is 0.500. The summed E-state index contributed by atoms with van der Waals surface area (Å²) in [5.41, 5.74) is 8.77. The molecular formula is C12H15FN4O2S. The molecule has 2 rings (SSSR count). The van der Waals surface area contributed by atoms with Crippen molar-refractivity contribution in [1.82, 2.24) is 4.31 Å². The highest BCUT2D eigenvalue weighted by Gasteiger charge is 2.30. The van der Waals surface area contributed by atoms with E-state index in [9.17, 15) is 12.8 Å². The molecule has 108 valence electrons. The Kier molecular flexibility index (Phi) is 4.27. The van der Waals surface area contributed by atoms with Crippen LogP contribution in [0.15, 0.2) is 28.2 Å². The highest BCUT2D eigenvalue weighted by molar-refractivity contribution is 7.89. The summed E-state index contributed by atoms with van der Waals surface area (Å²) in [6.07, 6.45) is 1.01. The van der Waals surface area contributed by atoms with Gasteiger partial charge in [-0.15, -0.1) is 0 Å². The van der Waals surface area contributed by atoms with Gasteiger partial charge in [0.05, 0.1) is 4.90 Å². The highest BCUT2D eigenvalue weighted by atomic mass is 32.2. The molecule has 0 unspecified atom stereocenters. The zero-order valence-electron chi connectivity index (χ0n) is 11.0. The summed E-state index contributed by atoms with van der Waals surface area (Å²) in [6.45, 7) is 2.19. The third-order valence-electron chi connectivity index (χ3n) is 3.39. The van der Waals surface area contributed by atoms with Gasteiger partial charge in [-0.1, -0.05) is 5.11 Å². The Bertz CT molecular complexity index is 647. The van der Waals surface area contributed by atoms with E-state index < -0.39 is 15.8 Å². The van der Waals surface area contributed by atoms with Crippen molar-refractivity contribution in [2.24, 2.45) is 5.11 Å². The van der Waals surface area contributed by atoms with Crippen LogP contribution in [0.3, 0.4) is 0 Å². The maximum absolute atomic E-state index is 13.1. The molecule has 0 atom stereocenters. The maximum atomic E-state index is 13.1. The number of halogens is 1. The van der Waals surface area contributed by atoms with Crippen LogP contribution in [0.4, 0.5) is 4.39 Å². The molecule has 8 heteroatoms. The largest absolute Gasteiger partial charge is 0.243 e. The zero-order chi connectivity index (χ0) is 14.8. The molecule has 0 bridgehead atoms. The molecule has 1 aromatic carbocycles. The molecule has 20 heavy (non-hydrogen) atoms. The SMILES string of the molecule is Cc1cc(F)ccc1S(=O)(=O)N1CCC(N=[N+]=[N-])CC1. The van der Waals surface area contributed by atoms with Gasteiger partial charge in [0, 0.05) is 24.0 Å². The number of aryl methyl sites for hydroxylation is 1. The topological polar surface area (TPSA) is 86.1 Å². The van der Waals surface area contributed by atoms with E-state index >= 15 is 0 Å². The van der Waals surface area contributed by atoms with Gasteiger partial charge in [0.1, 0.15) is 5.82 Å². The molecule has 1 aliphatic heterocycles. The van der Waals surface area contributed by atoms with Crippen molar-refractivity contribution >= 4 is 10.0 Å². The molecule has 0 spiro atoms. The second-order valence-corrected chi connectivity index (χ2v) is 6.66. The van der Waals surface area contributed by atoms with E-state index in [1.54, 1.807) is 6.92 Å². The van der Waals surface area contributed by atoms with Gasteiger partial charge in [-0.2, -0.15) is 4.31 Å². The predicted octanol–water partition coefficient (Wildman–Crippen LogP) is 2.60. The summed E-state index contributed by atoms with van der Waals surface area (Å²) in [5.74, 6) is -0.455. The van der Waals surface area contributed by atoms with Crippen LogP contribution in [0.1, 0.15) is 18.4 Å². The molecule has 1 fully saturated rings. The molecule has 0 aliphatic carbocycles. The lowest BCUT2D eigenvalue weighted by atomic mass is 10.1. The third-order valence-corrected chi connectivity index (χ3v) is 5.45. The normalized spacial score (nSPS) is 17.7. The first-order valence-electron chi connectivity index (χ1n) is 6.25. The lowest BCUT2D eigenvalue weighted by Gasteiger charge is -2.29. The lowest BCUT2D eigenvalue weighted by molar-refractivity contribution is 0.319. The Labute approximate surface area is 116 Å². The van der Waals surface area contributed by atoms with Crippen LogP contribution in [-0.4, -0.2) is 31.9 Å². The average Bonchev–Trinajstić information content (AvgIpc) is 2.39. The van der Waals surface area contributed by atoms with E-state index in [2.05, 4.69) is 10.0 Å². The van der Waals surface area contributed by atoms with Gasteiger partial charge in [-0.05, 0) is 49.1 Å². The summed E-state index contributed by atoms with van der Waals surface area (Å²) < 4.78 is 39.4. The Balaban J connectivity index is 2.21. The second kappa shape index (κ2) is 5.78. The highest BCUT2D eigenvalue weighted by Crippen LogP contribution is 2.24. The number of sulfonamides is 1. The van der Waals surface area contributed by atoms with E-state index in [0.29, 0.717) is 31.5 Å². The Morgan fingerprint density at radius 1 is 1.40 bits per heavy atom. The summed E-state index contributed by atoms with van der Waals surface area (Å²) in [4.78, 5) is 2.87. The standard InChI is InChI=1S/C12H15FN4O2S/c1-9-8-10(13)2-3-12(9)20(18,19)17-6-4-11(5-7-17)15-16-14/h2-3,8,11H,4-7H2,1H3. The van der Waals surface area contributed by atoms with Gasteiger partial charge in [-0.3, -0.25) is 0 Å². The van der Waals surface area contributed by atoms with E-state index in [-0.39, 0.29) is 10.9 Å². The molecule has 1 saturated heterocycles. The van der Waals surface area contributed by atoms with Crippen molar-refractivity contribution < 1.29 is 12.8 Å². The molecule has 1 heterocycles. The van der Waals surface area contributed by atoms with Crippen molar-refractivity contribution in [2.45, 2.75) is 30.7 Å². The molecule has 0 saturated carbocycles. The Morgan fingerprint density at radius 3 is 2.60 bits per heavy atom. The number of piperidine rings is 1. The second-order valence-electron chi connectivity index (χ2n) is 4.75. The predicted molar refractivity (Wildman–Crippen MR) is 72.1 cm³/mol. The minimum absolute atomic E-state index is 0.126. The van der Waals surface area contributed by atoms with Crippen molar-refractivity contribution in [3.63, 3.8) is 0 Å². The smallest absolute Gasteiger partial charge is 0.207 e. The van der Waals surface area contributed by atoms with Crippen LogP contribution < -0.4 is 0 Å². The molecule has 1 aliphatic rings. The molecule has 0 aromatic heterocycles. The molecule has 6 nitrogen and oxygen atoms in total. The minimum Gasteiger partial charge on any atom is -0.207 e. The fourth-order valence-electron chi connectivity index (χ4n) is 2.31. The van der Waals surface area contributed by atoms with E-state index in [0.717, 1.165) is 6.07 Å². The van der Waals surface area contributed by atoms with Gasteiger partial charge in [0.25, 0.3) is 0 Å². The number of rotatable bonds is 3. The molecular weight excluding hydrogens is 283 g/mol. The summed E-state index contributed by atoms with van der Waals surface area (Å²) in [7, 11) is -3.62. The van der Waals surface area contributed by atoms with E-state index in [4.69, 9.17) is 5.53 Å². The summed E-state index contributed by atoms with van der Waals surface area (Å²) in [6, 6.07) is 3.49. The third kappa shape index (κ3) is 2.92. The van der Waals surface area contributed by atoms with Crippen molar-refractivity contribution in [2.75, 3.05) is 13.1 Å². The van der Waals surface area contributed by atoms with Crippen LogP contribution in [0.5, 0.6) is 0 Å². The van der Waals surface area contributed by atoms with Gasteiger partial charge >= 0.3 is 0 Å². The van der Waals surface area contributed by atoms with E-state index in [1.165, 1.54) is 16.4 Å². The average molecular weight is 298 g/mol. The van der Waals surface area contributed by atoms with Crippen LogP contribution in [0, 0.1) is 12.7 Å². The Morgan fingerprint density at radius 2 is 2.05 bits per heavy atom. The first kappa shape index (κ1) is 14.8. The lowest BCUT2D eigenvalue weighted by Crippen LogP contribution is -2.39.